The highest BCUT2D eigenvalue weighted by Gasteiger charge is 2.25. The molecule has 0 radical (unpaired) electrons. The van der Waals surface area contributed by atoms with Gasteiger partial charge >= 0.3 is 0 Å². The van der Waals surface area contributed by atoms with Crippen molar-refractivity contribution in [1.82, 2.24) is 4.98 Å². The fraction of sp³-hybridized carbons (Fsp3) is 0.400. The second-order valence-corrected chi connectivity index (χ2v) is 3.45. The number of hydrogen-bond acceptors (Lipinski definition) is 3. The third kappa shape index (κ3) is 1.32. The van der Waals surface area contributed by atoms with Crippen LogP contribution in [-0.4, -0.2) is 16.9 Å². The van der Waals surface area contributed by atoms with Gasteiger partial charge in [0.25, 0.3) is 0 Å². The molecule has 0 spiro atoms. The number of nitrogens with zero attached hydrogens (tertiary/aromatic N) is 1. The average Bonchev–Trinajstić information content (AvgIpc) is 2.19. The maximum Gasteiger partial charge on any atom is 0.247 e. The summed E-state index contributed by atoms with van der Waals surface area (Å²) < 4.78 is 0. The number of carbonyl (C=O) groups is 1. The zero-order valence-electron chi connectivity index (χ0n) is 8.29. The second-order valence-electron chi connectivity index (χ2n) is 3.45. The van der Waals surface area contributed by atoms with Gasteiger partial charge in [0.05, 0.1) is 5.69 Å². The Bertz CT molecular complexity index is 376. The maximum absolute atomic E-state index is 11.5. The lowest BCUT2D eigenvalue weighted by Crippen LogP contribution is -2.38. The van der Waals surface area contributed by atoms with E-state index in [-0.39, 0.29) is 11.9 Å². The molecule has 4 nitrogen and oxygen atoms in total. The summed E-state index contributed by atoms with van der Waals surface area (Å²) in [7, 11) is 0. The van der Waals surface area contributed by atoms with Gasteiger partial charge in [-0.2, -0.15) is 0 Å². The first-order valence-electron chi connectivity index (χ1n) is 4.75. The van der Waals surface area contributed by atoms with Crippen molar-refractivity contribution in [3.05, 3.63) is 17.8 Å². The second kappa shape index (κ2) is 3.29. The van der Waals surface area contributed by atoms with Crippen LogP contribution in [0.1, 0.15) is 18.9 Å². The summed E-state index contributed by atoms with van der Waals surface area (Å²) in [5.41, 5.74) is 1.84. The number of rotatable bonds is 1. The number of fused-ring (bicyclic) bond motifs is 1. The first-order chi connectivity index (χ1) is 6.72. The molecule has 1 amide bonds. The molecule has 0 aliphatic carbocycles. The van der Waals surface area contributed by atoms with Crippen LogP contribution in [0.3, 0.4) is 0 Å². The van der Waals surface area contributed by atoms with Crippen molar-refractivity contribution < 1.29 is 4.79 Å². The summed E-state index contributed by atoms with van der Waals surface area (Å²) in [5.74, 6) is 0.799. The Hall–Kier alpha value is -1.58. The molecule has 1 atom stereocenters. The summed E-state index contributed by atoms with van der Waals surface area (Å²) in [5, 5.41) is 5.98. The largest absolute Gasteiger partial charge is 0.357 e. The van der Waals surface area contributed by atoms with Crippen LogP contribution in [-0.2, 0) is 4.79 Å². The Morgan fingerprint density at radius 3 is 3.07 bits per heavy atom. The Balaban J connectivity index is 2.40. The van der Waals surface area contributed by atoms with Gasteiger partial charge in [-0.1, -0.05) is 6.92 Å². The van der Waals surface area contributed by atoms with Crippen LogP contribution in [0.2, 0.25) is 0 Å². The lowest BCUT2D eigenvalue weighted by molar-refractivity contribution is -0.117. The fourth-order valence-corrected chi connectivity index (χ4v) is 1.55. The van der Waals surface area contributed by atoms with Gasteiger partial charge in [-0.3, -0.25) is 4.79 Å². The first-order valence-corrected chi connectivity index (χ1v) is 4.75. The normalized spacial score (nSPS) is 19.6. The van der Waals surface area contributed by atoms with Crippen molar-refractivity contribution in [3.63, 3.8) is 0 Å². The minimum atomic E-state index is -0.156. The van der Waals surface area contributed by atoms with Crippen molar-refractivity contribution in [2.75, 3.05) is 10.6 Å². The minimum Gasteiger partial charge on any atom is -0.357 e. The molecule has 0 fully saturated rings. The molecule has 0 saturated carbocycles. The number of anilines is 2. The number of nitrogens with one attached hydrogen (secondary N) is 2. The molecule has 0 bridgehead atoms. The summed E-state index contributed by atoms with van der Waals surface area (Å²) in [6, 6.07) is 1.73. The quantitative estimate of drug-likeness (QED) is 0.707. The van der Waals surface area contributed by atoms with Crippen molar-refractivity contribution in [3.8, 4) is 0 Å². The summed E-state index contributed by atoms with van der Waals surface area (Å²) in [6.07, 6.45) is 2.51. The fourth-order valence-electron chi connectivity index (χ4n) is 1.55. The van der Waals surface area contributed by atoms with E-state index in [9.17, 15) is 4.79 Å². The molecule has 0 saturated heterocycles. The summed E-state index contributed by atoms with van der Waals surface area (Å²) in [6.45, 7) is 3.92. The van der Waals surface area contributed by atoms with Gasteiger partial charge in [0.2, 0.25) is 5.91 Å². The van der Waals surface area contributed by atoms with Crippen LogP contribution < -0.4 is 10.6 Å². The molecular weight excluding hydrogens is 178 g/mol. The number of amides is 1. The SMILES string of the molecule is CCC1Nc2nccc(C)c2NC1=O. The van der Waals surface area contributed by atoms with E-state index in [2.05, 4.69) is 15.6 Å². The molecule has 1 aromatic rings. The lowest BCUT2D eigenvalue weighted by Gasteiger charge is -2.25. The van der Waals surface area contributed by atoms with Crippen molar-refractivity contribution >= 4 is 17.4 Å². The zero-order valence-corrected chi connectivity index (χ0v) is 8.29. The van der Waals surface area contributed by atoms with Crippen molar-refractivity contribution in [2.24, 2.45) is 0 Å². The van der Waals surface area contributed by atoms with Crippen molar-refractivity contribution in [2.45, 2.75) is 26.3 Å². The van der Waals surface area contributed by atoms with E-state index in [0.29, 0.717) is 0 Å². The molecule has 2 heterocycles. The molecule has 74 valence electrons. The third-order valence-corrected chi connectivity index (χ3v) is 2.44. The molecule has 1 aliphatic rings. The first kappa shape index (κ1) is 8.99. The lowest BCUT2D eigenvalue weighted by atomic mass is 10.1. The highest BCUT2D eigenvalue weighted by Crippen LogP contribution is 2.27. The molecule has 2 N–H and O–H groups in total. The van der Waals surface area contributed by atoms with E-state index >= 15 is 0 Å². The van der Waals surface area contributed by atoms with E-state index in [1.54, 1.807) is 6.20 Å². The Morgan fingerprint density at radius 2 is 2.36 bits per heavy atom. The number of hydrogen-bond donors (Lipinski definition) is 2. The van der Waals surface area contributed by atoms with Gasteiger partial charge in [0.1, 0.15) is 6.04 Å². The number of aromatic nitrogens is 1. The molecule has 14 heavy (non-hydrogen) atoms. The Labute approximate surface area is 82.7 Å². The van der Waals surface area contributed by atoms with Gasteiger partial charge in [-0.15, -0.1) is 0 Å². The molecule has 4 heteroatoms. The summed E-state index contributed by atoms with van der Waals surface area (Å²) >= 11 is 0. The van der Waals surface area contributed by atoms with E-state index in [1.807, 2.05) is 19.9 Å². The predicted octanol–water partition coefficient (Wildman–Crippen LogP) is 1.53. The van der Waals surface area contributed by atoms with E-state index in [1.165, 1.54) is 0 Å². The third-order valence-electron chi connectivity index (χ3n) is 2.44. The van der Waals surface area contributed by atoms with E-state index in [4.69, 9.17) is 0 Å². The average molecular weight is 191 g/mol. The van der Waals surface area contributed by atoms with Crippen LogP contribution in [0.4, 0.5) is 11.5 Å². The number of carbonyl (C=O) groups excluding carboxylic acids is 1. The smallest absolute Gasteiger partial charge is 0.247 e. The van der Waals surface area contributed by atoms with Crippen LogP contribution in [0.15, 0.2) is 12.3 Å². The van der Waals surface area contributed by atoms with Gasteiger partial charge < -0.3 is 10.6 Å². The number of aryl methyl sites for hydroxylation is 1. The van der Waals surface area contributed by atoms with Crippen LogP contribution in [0.25, 0.3) is 0 Å². The van der Waals surface area contributed by atoms with Gasteiger partial charge in [-0.05, 0) is 25.0 Å². The van der Waals surface area contributed by atoms with Crippen molar-refractivity contribution in [1.29, 1.82) is 0 Å². The van der Waals surface area contributed by atoms with Gasteiger partial charge in [-0.25, -0.2) is 4.98 Å². The van der Waals surface area contributed by atoms with E-state index in [0.717, 1.165) is 23.5 Å². The molecule has 2 rings (SSSR count). The zero-order chi connectivity index (χ0) is 10.1. The minimum absolute atomic E-state index is 0.0242. The highest BCUT2D eigenvalue weighted by atomic mass is 16.2. The van der Waals surface area contributed by atoms with Gasteiger partial charge in [0.15, 0.2) is 5.82 Å². The monoisotopic (exact) mass is 191 g/mol. The molecule has 1 aromatic heterocycles. The van der Waals surface area contributed by atoms with Crippen LogP contribution in [0, 0.1) is 6.92 Å². The van der Waals surface area contributed by atoms with Gasteiger partial charge in [0, 0.05) is 6.20 Å². The highest BCUT2D eigenvalue weighted by molar-refractivity contribution is 6.02. The van der Waals surface area contributed by atoms with E-state index < -0.39 is 0 Å². The predicted molar refractivity (Wildman–Crippen MR) is 55.3 cm³/mol. The molecular formula is C10H13N3O. The Morgan fingerprint density at radius 1 is 1.57 bits per heavy atom. The molecule has 1 unspecified atom stereocenters. The summed E-state index contributed by atoms with van der Waals surface area (Å²) in [4.78, 5) is 15.7. The molecule has 0 aromatic carbocycles. The van der Waals surface area contributed by atoms with Crippen LogP contribution in [0.5, 0.6) is 0 Å². The Kier molecular flexibility index (Phi) is 2.11. The number of pyridine rings is 1. The maximum atomic E-state index is 11.5. The standard InChI is InChI=1S/C10H13N3O/c1-3-7-10(14)13-8-6(2)4-5-11-9(8)12-7/h4-5,7H,3H2,1-2H3,(H,11,12)(H,13,14). The van der Waals surface area contributed by atoms with Crippen LogP contribution >= 0.6 is 0 Å². The topological polar surface area (TPSA) is 54.0 Å². The molecule has 1 aliphatic heterocycles.